The Morgan fingerprint density at radius 3 is 2.55 bits per heavy atom. The van der Waals surface area contributed by atoms with Crippen LogP contribution in [-0.2, 0) is 9.53 Å². The molecule has 0 aromatic heterocycles. The Balaban J connectivity index is 3.54. The summed E-state index contributed by atoms with van der Waals surface area (Å²) in [7, 11) is 1.63. The lowest BCUT2D eigenvalue weighted by Crippen LogP contribution is -2.27. The van der Waals surface area contributed by atoms with Gasteiger partial charge in [0.1, 0.15) is 0 Å². The summed E-state index contributed by atoms with van der Waals surface area (Å²) in [5, 5.41) is 2.73. The van der Waals surface area contributed by atoms with Crippen molar-refractivity contribution in [2.24, 2.45) is 0 Å². The maximum Gasteiger partial charge on any atom is 0.222 e. The normalized spacial score (nSPS) is 12.6. The Morgan fingerprint density at radius 2 is 2.18 bits per heavy atom. The van der Waals surface area contributed by atoms with Gasteiger partial charge in [-0.3, -0.25) is 4.79 Å². The van der Waals surface area contributed by atoms with Gasteiger partial charge in [-0.1, -0.05) is 6.92 Å². The molecule has 0 aliphatic carbocycles. The number of carbonyl (C=O) groups excluding carboxylic acids is 1. The summed E-state index contributed by atoms with van der Waals surface area (Å²) in [5.41, 5.74) is 0. The van der Waals surface area contributed by atoms with Crippen LogP contribution in [0, 0.1) is 0 Å². The minimum absolute atomic E-state index is 0.0706. The second kappa shape index (κ2) is 6.16. The van der Waals surface area contributed by atoms with Crippen LogP contribution in [0.15, 0.2) is 0 Å². The third-order valence-electron chi connectivity index (χ3n) is 1.58. The van der Waals surface area contributed by atoms with Crippen LogP contribution in [0.5, 0.6) is 0 Å². The van der Waals surface area contributed by atoms with E-state index >= 15 is 0 Å². The fourth-order valence-electron chi connectivity index (χ4n) is 0.870. The number of methoxy groups -OCH3 is 1. The zero-order chi connectivity index (χ0) is 8.69. The van der Waals surface area contributed by atoms with Gasteiger partial charge in [0.05, 0.1) is 12.5 Å². The molecule has 0 saturated heterocycles. The summed E-state index contributed by atoms with van der Waals surface area (Å²) in [6.07, 6.45) is 1.43. The van der Waals surface area contributed by atoms with E-state index in [4.69, 9.17) is 4.74 Å². The summed E-state index contributed by atoms with van der Waals surface area (Å²) in [6.45, 7) is 4.61. The maximum absolute atomic E-state index is 11.0. The highest BCUT2D eigenvalue weighted by molar-refractivity contribution is 5.76. The highest BCUT2D eigenvalue weighted by Gasteiger charge is 2.09. The van der Waals surface area contributed by atoms with Crippen LogP contribution >= 0.6 is 0 Å². The summed E-state index contributed by atoms with van der Waals surface area (Å²) >= 11 is 0. The number of amides is 1. The van der Waals surface area contributed by atoms with Crippen molar-refractivity contribution in [1.82, 2.24) is 5.32 Å². The van der Waals surface area contributed by atoms with Gasteiger partial charge in [0.15, 0.2) is 0 Å². The molecule has 1 amide bonds. The predicted molar refractivity (Wildman–Crippen MR) is 44.4 cm³/mol. The minimum atomic E-state index is 0.0706. The molecule has 1 N–H and O–H groups in total. The topological polar surface area (TPSA) is 38.3 Å². The van der Waals surface area contributed by atoms with E-state index in [0.717, 1.165) is 6.42 Å². The minimum Gasteiger partial charge on any atom is -0.381 e. The van der Waals surface area contributed by atoms with Crippen molar-refractivity contribution in [3.05, 3.63) is 0 Å². The summed E-state index contributed by atoms with van der Waals surface area (Å²) < 4.78 is 5.06. The number of hydrogen-bond acceptors (Lipinski definition) is 2. The van der Waals surface area contributed by atoms with E-state index in [1.165, 1.54) is 0 Å². The van der Waals surface area contributed by atoms with Crippen molar-refractivity contribution in [2.75, 3.05) is 13.7 Å². The Bertz CT molecular complexity index is 111. The second-order valence-corrected chi connectivity index (χ2v) is 2.42. The molecule has 1 atom stereocenters. The number of hydrogen-bond donors (Lipinski definition) is 1. The van der Waals surface area contributed by atoms with Gasteiger partial charge in [-0.2, -0.15) is 0 Å². The zero-order valence-electron chi connectivity index (χ0n) is 7.52. The first-order valence-electron chi connectivity index (χ1n) is 4.04. The lowest BCUT2D eigenvalue weighted by molar-refractivity contribution is -0.123. The largest absolute Gasteiger partial charge is 0.381 e. The van der Waals surface area contributed by atoms with Gasteiger partial charge in [-0.15, -0.1) is 0 Å². The number of carbonyl (C=O) groups is 1. The molecule has 1 unspecified atom stereocenters. The van der Waals surface area contributed by atoms with Crippen LogP contribution in [-0.4, -0.2) is 25.7 Å². The average Bonchev–Trinajstić information content (AvgIpc) is 2.01. The monoisotopic (exact) mass is 159 g/mol. The summed E-state index contributed by atoms with van der Waals surface area (Å²) in [6, 6.07) is 0. The number of ether oxygens (including phenoxy) is 1. The van der Waals surface area contributed by atoms with Crippen molar-refractivity contribution in [3.63, 3.8) is 0 Å². The third kappa shape index (κ3) is 4.79. The molecular weight excluding hydrogens is 142 g/mol. The average molecular weight is 159 g/mol. The Hall–Kier alpha value is -0.570. The first kappa shape index (κ1) is 10.4. The highest BCUT2D eigenvalue weighted by atomic mass is 16.5. The van der Waals surface area contributed by atoms with E-state index in [9.17, 15) is 4.79 Å². The van der Waals surface area contributed by atoms with Gasteiger partial charge in [-0.05, 0) is 13.3 Å². The Kier molecular flexibility index (Phi) is 5.84. The predicted octanol–water partition coefficient (Wildman–Crippen LogP) is 0.938. The summed E-state index contributed by atoms with van der Waals surface area (Å²) in [5.74, 6) is 0.0706. The molecule has 0 radical (unpaired) electrons. The summed E-state index contributed by atoms with van der Waals surface area (Å²) in [4.78, 5) is 11.0. The van der Waals surface area contributed by atoms with Crippen molar-refractivity contribution in [1.29, 1.82) is 0 Å². The molecule has 3 heteroatoms. The highest BCUT2D eigenvalue weighted by Crippen LogP contribution is 2.00. The van der Waals surface area contributed by atoms with Gasteiger partial charge in [0.2, 0.25) is 5.91 Å². The van der Waals surface area contributed by atoms with Gasteiger partial charge in [-0.25, -0.2) is 0 Å². The molecule has 0 heterocycles. The second-order valence-electron chi connectivity index (χ2n) is 2.42. The first-order chi connectivity index (χ1) is 5.24. The maximum atomic E-state index is 11.0. The SMILES string of the molecule is CCNC(=O)CC(CC)OC. The molecule has 0 fully saturated rings. The van der Waals surface area contributed by atoms with E-state index < -0.39 is 0 Å². The van der Waals surface area contributed by atoms with Gasteiger partial charge >= 0.3 is 0 Å². The fraction of sp³-hybridized carbons (Fsp3) is 0.875. The molecule has 0 spiro atoms. The molecule has 0 aliphatic heterocycles. The van der Waals surface area contributed by atoms with Crippen LogP contribution < -0.4 is 5.32 Å². The Labute approximate surface area is 68.1 Å². The van der Waals surface area contributed by atoms with E-state index in [1.54, 1.807) is 7.11 Å². The van der Waals surface area contributed by atoms with Crippen molar-refractivity contribution in [2.45, 2.75) is 32.8 Å². The molecule has 0 saturated carbocycles. The van der Waals surface area contributed by atoms with Gasteiger partial charge in [0.25, 0.3) is 0 Å². The molecule has 0 aromatic rings. The van der Waals surface area contributed by atoms with E-state index in [1.807, 2.05) is 13.8 Å². The molecule has 3 nitrogen and oxygen atoms in total. The van der Waals surface area contributed by atoms with Crippen LogP contribution in [0.4, 0.5) is 0 Å². The van der Waals surface area contributed by atoms with Crippen molar-refractivity contribution >= 4 is 5.91 Å². The van der Waals surface area contributed by atoms with Crippen LogP contribution in [0.3, 0.4) is 0 Å². The lowest BCUT2D eigenvalue weighted by atomic mass is 10.2. The van der Waals surface area contributed by atoms with Crippen LogP contribution in [0.2, 0.25) is 0 Å². The molecule has 0 aliphatic rings. The molecule has 0 rings (SSSR count). The molecule has 66 valence electrons. The van der Waals surface area contributed by atoms with E-state index in [-0.39, 0.29) is 12.0 Å². The van der Waals surface area contributed by atoms with Crippen LogP contribution in [0.1, 0.15) is 26.7 Å². The molecule has 11 heavy (non-hydrogen) atoms. The molecule has 0 aromatic carbocycles. The lowest BCUT2D eigenvalue weighted by Gasteiger charge is -2.11. The number of rotatable bonds is 5. The number of nitrogens with one attached hydrogen (secondary N) is 1. The molecule has 0 bridgehead atoms. The quantitative estimate of drug-likeness (QED) is 0.648. The standard InChI is InChI=1S/C8H17NO2/c1-4-7(11-3)6-8(10)9-5-2/h7H,4-6H2,1-3H3,(H,9,10). The zero-order valence-corrected chi connectivity index (χ0v) is 7.52. The van der Waals surface area contributed by atoms with Crippen molar-refractivity contribution < 1.29 is 9.53 Å². The molecular formula is C8H17NO2. The van der Waals surface area contributed by atoms with E-state index in [2.05, 4.69) is 5.32 Å². The van der Waals surface area contributed by atoms with Crippen molar-refractivity contribution in [3.8, 4) is 0 Å². The third-order valence-corrected chi connectivity index (χ3v) is 1.58. The van der Waals surface area contributed by atoms with Gasteiger partial charge < -0.3 is 10.1 Å². The van der Waals surface area contributed by atoms with E-state index in [0.29, 0.717) is 13.0 Å². The van der Waals surface area contributed by atoms with Crippen LogP contribution in [0.25, 0.3) is 0 Å². The fourth-order valence-corrected chi connectivity index (χ4v) is 0.870. The Morgan fingerprint density at radius 1 is 1.55 bits per heavy atom. The first-order valence-corrected chi connectivity index (χ1v) is 4.04. The smallest absolute Gasteiger partial charge is 0.222 e. The van der Waals surface area contributed by atoms with Gasteiger partial charge in [0, 0.05) is 13.7 Å².